The fourth-order valence-electron chi connectivity index (χ4n) is 4.61. The lowest BCUT2D eigenvalue weighted by Crippen LogP contribution is -2.47. The lowest BCUT2D eigenvalue weighted by Gasteiger charge is -2.37. The van der Waals surface area contributed by atoms with Crippen molar-refractivity contribution < 1.29 is 0 Å². The number of thiocarbonyl (C=S) groups is 1. The molecule has 8 heteroatoms. The Kier molecular flexibility index (Phi) is 7.28. The van der Waals surface area contributed by atoms with Crippen LogP contribution in [0.1, 0.15) is 24.0 Å². The van der Waals surface area contributed by atoms with Crippen LogP contribution in [0.4, 0.5) is 23.3 Å². The van der Waals surface area contributed by atoms with E-state index in [9.17, 15) is 0 Å². The van der Waals surface area contributed by atoms with Gasteiger partial charge in [0.15, 0.2) is 5.11 Å². The summed E-state index contributed by atoms with van der Waals surface area (Å²) in [6, 6.07) is 21.2. The van der Waals surface area contributed by atoms with Crippen molar-refractivity contribution in [1.82, 2.24) is 15.3 Å². The fourth-order valence-corrected chi connectivity index (χ4v) is 4.78. The summed E-state index contributed by atoms with van der Waals surface area (Å²) in [5.74, 6) is 2.48. The van der Waals surface area contributed by atoms with Gasteiger partial charge in [-0.3, -0.25) is 0 Å². The van der Waals surface area contributed by atoms with Crippen molar-refractivity contribution in [3.63, 3.8) is 0 Å². The van der Waals surface area contributed by atoms with Crippen molar-refractivity contribution in [3.05, 3.63) is 71.8 Å². The van der Waals surface area contributed by atoms with Gasteiger partial charge in [0.25, 0.3) is 0 Å². The third-order valence-corrected chi connectivity index (χ3v) is 6.90. The second-order valence-corrected chi connectivity index (χ2v) is 9.61. The van der Waals surface area contributed by atoms with E-state index in [1.165, 1.54) is 29.7 Å². The normalized spacial score (nSPS) is 15.9. The van der Waals surface area contributed by atoms with Crippen LogP contribution in [0.15, 0.2) is 60.7 Å². The number of aromatic nitrogens is 2. The van der Waals surface area contributed by atoms with Crippen molar-refractivity contribution in [1.29, 1.82) is 0 Å². The Morgan fingerprint density at radius 3 is 2.06 bits per heavy atom. The molecule has 2 N–H and O–H groups in total. The Morgan fingerprint density at radius 2 is 1.40 bits per heavy atom. The van der Waals surface area contributed by atoms with Gasteiger partial charge in [-0.1, -0.05) is 48.0 Å². The molecule has 182 valence electrons. The summed E-state index contributed by atoms with van der Waals surface area (Å²) in [6.45, 7) is 8.58. The predicted octanol–water partition coefficient (Wildman–Crippen LogP) is 4.20. The van der Waals surface area contributed by atoms with Gasteiger partial charge < -0.3 is 25.3 Å². The molecule has 0 radical (unpaired) electrons. The number of hydrogen-bond donors (Lipinski definition) is 2. The number of aryl methyl sites for hydroxylation is 1. The van der Waals surface area contributed by atoms with Gasteiger partial charge in [0, 0.05) is 57.6 Å². The predicted molar refractivity (Wildman–Crippen MR) is 149 cm³/mol. The summed E-state index contributed by atoms with van der Waals surface area (Å²) < 4.78 is 0. The smallest absolute Gasteiger partial charge is 0.232 e. The van der Waals surface area contributed by atoms with E-state index in [1.807, 2.05) is 0 Å². The Balaban J connectivity index is 1.27. The summed E-state index contributed by atoms with van der Waals surface area (Å²) in [4.78, 5) is 16.8. The lowest BCUT2D eigenvalue weighted by molar-refractivity contribution is 0.647. The first-order valence-electron chi connectivity index (χ1n) is 12.4. The molecule has 2 aliphatic rings. The molecule has 0 aliphatic carbocycles. The molecule has 2 aromatic carbocycles. The summed E-state index contributed by atoms with van der Waals surface area (Å²) in [7, 11) is 0. The van der Waals surface area contributed by atoms with Crippen LogP contribution < -0.4 is 25.3 Å². The monoisotopic (exact) mass is 487 g/mol. The van der Waals surface area contributed by atoms with Crippen molar-refractivity contribution in [2.24, 2.45) is 0 Å². The van der Waals surface area contributed by atoms with Crippen LogP contribution in [0.5, 0.6) is 0 Å². The summed E-state index contributed by atoms with van der Waals surface area (Å²) in [6.07, 6.45) is 2.41. The molecular formula is C27H33N7S. The summed E-state index contributed by atoms with van der Waals surface area (Å²) >= 11 is 5.57. The highest BCUT2D eigenvalue weighted by atomic mass is 32.1. The van der Waals surface area contributed by atoms with E-state index in [2.05, 4.69) is 92.9 Å². The number of anilines is 4. The molecule has 2 fully saturated rings. The van der Waals surface area contributed by atoms with E-state index >= 15 is 0 Å². The van der Waals surface area contributed by atoms with Crippen LogP contribution in [0.2, 0.25) is 0 Å². The Bertz CT molecular complexity index is 1120. The summed E-state index contributed by atoms with van der Waals surface area (Å²) in [5.41, 5.74) is 3.71. The van der Waals surface area contributed by atoms with Gasteiger partial charge >= 0.3 is 0 Å². The SMILES string of the molecule is Cc1ccc(CNC(=S)Nc2nc(N3CCCC3)cc(N3CCN(c4ccccc4)CC3)n2)cc1. The van der Waals surface area contributed by atoms with E-state index in [-0.39, 0.29) is 0 Å². The molecule has 2 saturated heterocycles. The molecule has 0 unspecified atom stereocenters. The van der Waals surface area contributed by atoms with Crippen LogP contribution in [0.3, 0.4) is 0 Å². The van der Waals surface area contributed by atoms with Crippen LogP contribution in [0.25, 0.3) is 0 Å². The van der Waals surface area contributed by atoms with Crippen LogP contribution in [-0.4, -0.2) is 54.3 Å². The van der Waals surface area contributed by atoms with Gasteiger partial charge in [0.2, 0.25) is 5.95 Å². The molecule has 0 atom stereocenters. The molecule has 3 aromatic rings. The Hall–Kier alpha value is -3.39. The highest BCUT2D eigenvalue weighted by Crippen LogP contribution is 2.26. The molecule has 2 aliphatic heterocycles. The summed E-state index contributed by atoms with van der Waals surface area (Å²) in [5, 5.41) is 7.05. The number of nitrogens with zero attached hydrogens (tertiary/aromatic N) is 5. The highest BCUT2D eigenvalue weighted by Gasteiger charge is 2.22. The maximum Gasteiger partial charge on any atom is 0.232 e. The quantitative estimate of drug-likeness (QED) is 0.502. The molecule has 35 heavy (non-hydrogen) atoms. The van der Waals surface area contributed by atoms with Crippen LogP contribution in [0, 0.1) is 6.92 Å². The zero-order valence-electron chi connectivity index (χ0n) is 20.3. The fraction of sp³-hybridized carbons (Fsp3) is 0.370. The van der Waals surface area contributed by atoms with Gasteiger partial charge in [0.05, 0.1) is 0 Å². The van der Waals surface area contributed by atoms with E-state index in [4.69, 9.17) is 22.2 Å². The second-order valence-electron chi connectivity index (χ2n) is 9.21. The molecule has 1 aromatic heterocycles. The van der Waals surface area contributed by atoms with Gasteiger partial charge in [-0.05, 0) is 49.7 Å². The minimum Gasteiger partial charge on any atom is -0.368 e. The van der Waals surface area contributed by atoms with Gasteiger partial charge in [-0.25, -0.2) is 0 Å². The maximum absolute atomic E-state index is 5.57. The molecule has 0 spiro atoms. The number of hydrogen-bond acceptors (Lipinski definition) is 6. The van der Waals surface area contributed by atoms with Crippen molar-refractivity contribution in [2.75, 3.05) is 59.3 Å². The standard InChI is InChI=1S/C27H33N7S/c1-21-9-11-22(12-10-21)20-28-27(35)31-26-29-24(33-13-5-6-14-33)19-25(30-26)34-17-15-32(16-18-34)23-7-3-2-4-8-23/h2-4,7-12,19H,5-6,13-18,20H2,1H3,(H2,28,29,30,31,35). The number of piperazine rings is 1. The molecule has 5 rings (SSSR count). The third kappa shape index (κ3) is 6.00. The minimum absolute atomic E-state index is 0.531. The van der Waals surface area contributed by atoms with E-state index in [0.717, 1.165) is 50.9 Å². The van der Waals surface area contributed by atoms with E-state index in [1.54, 1.807) is 0 Å². The van der Waals surface area contributed by atoms with Gasteiger partial charge in [0.1, 0.15) is 11.6 Å². The Labute approximate surface area is 213 Å². The number of rotatable bonds is 6. The van der Waals surface area contributed by atoms with Crippen molar-refractivity contribution >= 4 is 40.6 Å². The van der Waals surface area contributed by atoms with E-state index < -0.39 is 0 Å². The van der Waals surface area contributed by atoms with Crippen molar-refractivity contribution in [3.8, 4) is 0 Å². The number of nitrogens with one attached hydrogen (secondary N) is 2. The zero-order chi connectivity index (χ0) is 24.0. The van der Waals surface area contributed by atoms with E-state index in [0.29, 0.717) is 17.6 Å². The van der Waals surface area contributed by atoms with Crippen LogP contribution >= 0.6 is 12.2 Å². The zero-order valence-corrected chi connectivity index (χ0v) is 21.1. The average Bonchev–Trinajstić information content (AvgIpc) is 3.44. The Morgan fingerprint density at radius 1 is 0.800 bits per heavy atom. The topological polar surface area (TPSA) is 59.6 Å². The molecule has 0 amide bonds. The van der Waals surface area contributed by atoms with Crippen LogP contribution in [-0.2, 0) is 6.54 Å². The molecular weight excluding hydrogens is 454 g/mol. The van der Waals surface area contributed by atoms with Crippen molar-refractivity contribution in [2.45, 2.75) is 26.3 Å². The minimum atomic E-state index is 0.531. The first-order valence-corrected chi connectivity index (χ1v) is 12.8. The number of para-hydroxylation sites is 1. The maximum atomic E-state index is 5.57. The van der Waals surface area contributed by atoms with Gasteiger partial charge in [-0.2, -0.15) is 9.97 Å². The second kappa shape index (κ2) is 10.9. The molecule has 0 bridgehead atoms. The van der Waals surface area contributed by atoms with Gasteiger partial charge in [-0.15, -0.1) is 0 Å². The average molecular weight is 488 g/mol. The lowest BCUT2D eigenvalue weighted by atomic mass is 10.1. The number of benzene rings is 2. The molecule has 7 nitrogen and oxygen atoms in total. The molecule has 3 heterocycles. The first-order chi connectivity index (χ1) is 17.1. The molecule has 0 saturated carbocycles. The highest BCUT2D eigenvalue weighted by molar-refractivity contribution is 7.80. The third-order valence-electron chi connectivity index (χ3n) is 6.65. The largest absolute Gasteiger partial charge is 0.368 e. The first kappa shape index (κ1) is 23.4.